The third kappa shape index (κ3) is 3.43. The van der Waals surface area contributed by atoms with Crippen LogP contribution in [0.25, 0.3) is 0 Å². The normalized spacial score (nSPS) is 17.0. The Morgan fingerprint density at radius 1 is 1.04 bits per heavy atom. The Labute approximate surface area is 137 Å². The summed E-state index contributed by atoms with van der Waals surface area (Å²) in [5, 5.41) is 4.39. The predicted molar refractivity (Wildman–Crippen MR) is 87.5 cm³/mol. The van der Waals surface area contributed by atoms with Gasteiger partial charge in [-0.3, -0.25) is 14.4 Å². The van der Waals surface area contributed by atoms with Crippen LogP contribution in [-0.4, -0.2) is 16.9 Å². The lowest BCUT2D eigenvalue weighted by Gasteiger charge is -2.14. The number of carbonyl (C=O) groups is 3. The van der Waals surface area contributed by atoms with Crippen molar-refractivity contribution >= 4 is 28.7 Å². The minimum atomic E-state index is -0.625. The SMILES string of the molecule is O=C1NC(c2ccccc2C(=O)NCc2ccccc2)SC1=O. The molecule has 1 aliphatic heterocycles. The molecule has 2 aromatic rings. The lowest BCUT2D eigenvalue weighted by atomic mass is 10.1. The quantitative estimate of drug-likeness (QED) is 0.843. The van der Waals surface area contributed by atoms with Crippen LogP contribution in [-0.2, 0) is 16.1 Å². The zero-order valence-electron chi connectivity index (χ0n) is 12.1. The van der Waals surface area contributed by atoms with Crippen molar-refractivity contribution in [3.8, 4) is 0 Å². The van der Waals surface area contributed by atoms with Gasteiger partial charge in [0.2, 0.25) is 0 Å². The Morgan fingerprint density at radius 3 is 2.43 bits per heavy atom. The van der Waals surface area contributed by atoms with Crippen molar-refractivity contribution in [2.45, 2.75) is 11.9 Å². The average Bonchev–Trinajstić information content (AvgIpc) is 2.92. The van der Waals surface area contributed by atoms with E-state index in [0.717, 1.165) is 17.3 Å². The van der Waals surface area contributed by atoms with Crippen LogP contribution in [0.5, 0.6) is 0 Å². The summed E-state index contributed by atoms with van der Waals surface area (Å²) >= 11 is 0.893. The molecule has 1 aliphatic rings. The van der Waals surface area contributed by atoms with Crippen LogP contribution in [0.4, 0.5) is 0 Å². The van der Waals surface area contributed by atoms with E-state index in [9.17, 15) is 14.4 Å². The first-order chi connectivity index (χ1) is 11.1. The Balaban J connectivity index is 1.76. The van der Waals surface area contributed by atoms with Gasteiger partial charge in [0.1, 0.15) is 5.37 Å². The van der Waals surface area contributed by atoms with Crippen molar-refractivity contribution in [2.24, 2.45) is 0 Å². The van der Waals surface area contributed by atoms with Crippen molar-refractivity contribution in [3.05, 3.63) is 71.3 Å². The smallest absolute Gasteiger partial charge is 0.299 e. The van der Waals surface area contributed by atoms with Crippen LogP contribution in [0.15, 0.2) is 54.6 Å². The molecule has 1 heterocycles. The highest BCUT2D eigenvalue weighted by atomic mass is 32.2. The third-order valence-corrected chi connectivity index (χ3v) is 4.46. The molecular weight excluding hydrogens is 312 g/mol. The highest BCUT2D eigenvalue weighted by Gasteiger charge is 2.33. The molecule has 23 heavy (non-hydrogen) atoms. The maximum atomic E-state index is 12.4. The second-order valence-corrected chi connectivity index (χ2v) is 6.09. The summed E-state index contributed by atoms with van der Waals surface area (Å²) in [7, 11) is 0. The van der Waals surface area contributed by atoms with Crippen molar-refractivity contribution in [1.29, 1.82) is 0 Å². The Hall–Kier alpha value is -2.60. The van der Waals surface area contributed by atoms with Gasteiger partial charge in [0.05, 0.1) is 0 Å². The summed E-state index contributed by atoms with van der Waals surface area (Å²) in [4.78, 5) is 35.2. The topological polar surface area (TPSA) is 75.3 Å². The average molecular weight is 326 g/mol. The number of benzene rings is 2. The molecule has 1 saturated heterocycles. The first-order valence-corrected chi connectivity index (χ1v) is 7.95. The van der Waals surface area contributed by atoms with Gasteiger partial charge in [-0.1, -0.05) is 48.5 Å². The van der Waals surface area contributed by atoms with E-state index >= 15 is 0 Å². The lowest BCUT2D eigenvalue weighted by Crippen LogP contribution is -2.26. The van der Waals surface area contributed by atoms with E-state index in [4.69, 9.17) is 0 Å². The van der Waals surface area contributed by atoms with Crippen molar-refractivity contribution in [3.63, 3.8) is 0 Å². The molecule has 0 bridgehead atoms. The zero-order chi connectivity index (χ0) is 16.2. The van der Waals surface area contributed by atoms with Gasteiger partial charge < -0.3 is 10.6 Å². The Bertz CT molecular complexity index is 745. The van der Waals surface area contributed by atoms with Crippen molar-refractivity contribution < 1.29 is 14.4 Å². The predicted octanol–water partition coefficient (Wildman–Crippen LogP) is 2.00. The van der Waals surface area contributed by atoms with Crippen molar-refractivity contribution in [1.82, 2.24) is 10.6 Å². The van der Waals surface area contributed by atoms with Crippen LogP contribution in [0.2, 0.25) is 0 Å². The Morgan fingerprint density at radius 2 is 1.74 bits per heavy atom. The second-order valence-electron chi connectivity index (χ2n) is 5.01. The summed E-state index contributed by atoms with van der Waals surface area (Å²) in [5.74, 6) is -0.863. The van der Waals surface area contributed by atoms with Gasteiger partial charge in [0.15, 0.2) is 0 Å². The molecule has 1 atom stereocenters. The molecule has 2 aromatic carbocycles. The molecule has 0 aromatic heterocycles. The molecule has 0 saturated carbocycles. The van der Waals surface area contributed by atoms with Gasteiger partial charge in [0.25, 0.3) is 16.9 Å². The van der Waals surface area contributed by atoms with E-state index in [1.165, 1.54) is 0 Å². The number of carbonyl (C=O) groups excluding carboxylic acids is 3. The maximum Gasteiger partial charge on any atom is 0.299 e. The summed E-state index contributed by atoms with van der Waals surface area (Å²) in [6.45, 7) is 0.414. The molecule has 3 rings (SSSR count). The van der Waals surface area contributed by atoms with Crippen LogP contribution >= 0.6 is 11.8 Å². The van der Waals surface area contributed by atoms with Crippen LogP contribution in [0.3, 0.4) is 0 Å². The van der Waals surface area contributed by atoms with Gasteiger partial charge in [0, 0.05) is 12.1 Å². The Kier molecular flexibility index (Phi) is 4.43. The summed E-state index contributed by atoms with van der Waals surface area (Å²) in [6, 6.07) is 16.5. The van der Waals surface area contributed by atoms with E-state index < -0.39 is 16.4 Å². The third-order valence-electron chi connectivity index (χ3n) is 3.46. The van der Waals surface area contributed by atoms with Crippen LogP contribution in [0, 0.1) is 0 Å². The maximum absolute atomic E-state index is 12.4. The fourth-order valence-corrected chi connectivity index (χ4v) is 3.19. The van der Waals surface area contributed by atoms with Gasteiger partial charge in [-0.05, 0) is 29.0 Å². The van der Waals surface area contributed by atoms with Crippen LogP contribution < -0.4 is 10.6 Å². The minimum Gasteiger partial charge on any atom is -0.348 e. The molecule has 1 fully saturated rings. The van der Waals surface area contributed by atoms with E-state index in [1.54, 1.807) is 24.3 Å². The van der Waals surface area contributed by atoms with E-state index in [0.29, 0.717) is 17.7 Å². The molecule has 0 spiro atoms. The largest absolute Gasteiger partial charge is 0.348 e. The second kappa shape index (κ2) is 6.66. The summed E-state index contributed by atoms with van der Waals surface area (Å²) in [5.41, 5.74) is 2.08. The number of rotatable bonds is 4. The van der Waals surface area contributed by atoms with Crippen LogP contribution in [0.1, 0.15) is 26.9 Å². The standard InChI is InChI=1S/C17H14N2O3S/c20-14(18-10-11-6-2-1-3-7-11)12-8-4-5-9-13(12)16-19-15(21)17(22)23-16/h1-9,16H,10H2,(H,18,20)(H,19,21). The van der Waals surface area contributed by atoms with Gasteiger partial charge in [-0.15, -0.1) is 0 Å². The number of hydrogen-bond acceptors (Lipinski definition) is 4. The summed E-state index contributed by atoms with van der Waals surface area (Å²) < 4.78 is 0. The molecule has 2 N–H and O–H groups in total. The fraction of sp³-hybridized carbons (Fsp3) is 0.118. The van der Waals surface area contributed by atoms with E-state index in [-0.39, 0.29) is 5.91 Å². The first-order valence-electron chi connectivity index (χ1n) is 7.07. The molecule has 5 nitrogen and oxygen atoms in total. The molecule has 0 radical (unpaired) electrons. The molecule has 0 aliphatic carbocycles. The molecule has 2 amide bonds. The fourth-order valence-electron chi connectivity index (χ4n) is 2.32. The molecular formula is C17H14N2O3S. The van der Waals surface area contributed by atoms with Crippen molar-refractivity contribution in [2.75, 3.05) is 0 Å². The number of nitrogens with one attached hydrogen (secondary N) is 2. The van der Waals surface area contributed by atoms with Gasteiger partial charge in [-0.2, -0.15) is 0 Å². The zero-order valence-corrected chi connectivity index (χ0v) is 12.9. The lowest BCUT2D eigenvalue weighted by molar-refractivity contribution is -0.132. The van der Waals surface area contributed by atoms with E-state index in [2.05, 4.69) is 10.6 Å². The number of hydrogen-bond donors (Lipinski definition) is 2. The molecule has 6 heteroatoms. The minimum absolute atomic E-state index is 0.237. The summed E-state index contributed by atoms with van der Waals surface area (Å²) in [6.07, 6.45) is 0. The molecule has 1 unspecified atom stereocenters. The highest BCUT2D eigenvalue weighted by Crippen LogP contribution is 2.33. The monoisotopic (exact) mass is 326 g/mol. The number of thioether (sulfide) groups is 1. The first kappa shape index (κ1) is 15.3. The number of amides is 2. The van der Waals surface area contributed by atoms with Gasteiger partial charge in [-0.25, -0.2) is 0 Å². The van der Waals surface area contributed by atoms with E-state index in [1.807, 2.05) is 30.3 Å². The molecule has 116 valence electrons. The highest BCUT2D eigenvalue weighted by molar-refractivity contribution is 8.16. The van der Waals surface area contributed by atoms with Gasteiger partial charge >= 0.3 is 0 Å².